The van der Waals surface area contributed by atoms with E-state index in [4.69, 9.17) is 4.74 Å². The molecule has 0 saturated heterocycles. The number of carbonyl (C=O) groups is 1. The maximum absolute atomic E-state index is 11.3. The fraction of sp³-hybridized carbons (Fsp3) is 0.417. The molecule has 0 aliphatic heterocycles. The predicted molar refractivity (Wildman–Crippen MR) is 66.5 cm³/mol. The molecule has 110 valence electrons. The van der Waals surface area contributed by atoms with Gasteiger partial charge in [-0.15, -0.1) is 0 Å². The van der Waals surface area contributed by atoms with Gasteiger partial charge in [-0.3, -0.25) is 0 Å². The van der Waals surface area contributed by atoms with Crippen molar-refractivity contribution in [1.82, 2.24) is 5.32 Å². The highest BCUT2D eigenvalue weighted by atomic mass is 35.5. The zero-order valence-corrected chi connectivity index (χ0v) is 13.3. The number of amides is 1. The summed E-state index contributed by atoms with van der Waals surface area (Å²) in [6, 6.07) is 5.91. The second kappa shape index (κ2) is 8.98. The van der Waals surface area contributed by atoms with Crippen molar-refractivity contribution in [3.8, 4) is 5.75 Å². The smallest absolute Gasteiger partial charge is 0.412 e. The van der Waals surface area contributed by atoms with Crippen LogP contribution >= 0.6 is 0 Å². The average Bonchev–Trinajstić information content (AvgIpc) is 2.28. The van der Waals surface area contributed by atoms with E-state index in [0.29, 0.717) is 5.75 Å². The molecule has 0 bridgehead atoms. The first-order valence-electron chi connectivity index (χ1n) is 5.60. The topological polar surface area (TPSA) is 47.2 Å². The number of quaternary nitrogens is 2. The molecule has 0 fully saturated rings. The number of benzene rings is 1. The number of hydrogen-bond donors (Lipinski definition) is 3. The Morgan fingerprint density at radius 1 is 1.11 bits per heavy atom. The number of rotatable bonds is 3. The molecular weight excluding hydrogens is 289 g/mol. The number of carbonyl (C=O) groups excluding carboxylic acids is 1. The van der Waals surface area contributed by atoms with E-state index in [0.717, 1.165) is 16.3 Å². The second-order valence-electron chi connectivity index (χ2n) is 4.35. The van der Waals surface area contributed by atoms with Crippen molar-refractivity contribution in [3.63, 3.8) is 0 Å². The summed E-state index contributed by atoms with van der Waals surface area (Å²) in [7, 11) is 9.59. The first kappa shape index (κ1) is 20.3. The minimum atomic E-state index is -0.446. The fourth-order valence-electron chi connectivity index (χ4n) is 1.48. The average molecular weight is 310 g/mol. The van der Waals surface area contributed by atoms with Crippen LogP contribution in [0.15, 0.2) is 18.2 Å². The highest BCUT2D eigenvalue weighted by Crippen LogP contribution is 2.23. The molecule has 19 heavy (non-hydrogen) atoms. The van der Waals surface area contributed by atoms with Gasteiger partial charge < -0.3 is 44.7 Å². The van der Waals surface area contributed by atoms with Gasteiger partial charge in [-0.2, -0.15) is 0 Å². The van der Waals surface area contributed by atoms with Gasteiger partial charge in [0, 0.05) is 25.2 Å². The molecule has 0 aliphatic rings. The van der Waals surface area contributed by atoms with Gasteiger partial charge in [-0.05, 0) is 0 Å². The van der Waals surface area contributed by atoms with Crippen LogP contribution in [-0.2, 0) is 0 Å². The van der Waals surface area contributed by atoms with Gasteiger partial charge in [0.05, 0.1) is 28.2 Å². The van der Waals surface area contributed by atoms with Crippen LogP contribution in [0, 0.1) is 0 Å². The quantitative estimate of drug-likeness (QED) is 0.520. The van der Waals surface area contributed by atoms with E-state index in [2.05, 4.69) is 5.32 Å². The predicted octanol–water partition coefficient (Wildman–Crippen LogP) is -7.04. The molecule has 7 heteroatoms. The van der Waals surface area contributed by atoms with E-state index >= 15 is 0 Å². The summed E-state index contributed by atoms with van der Waals surface area (Å²) in [4.78, 5) is 13.6. The summed E-state index contributed by atoms with van der Waals surface area (Å²) >= 11 is 0. The third-order valence-electron chi connectivity index (χ3n) is 2.50. The van der Waals surface area contributed by atoms with Crippen molar-refractivity contribution in [2.45, 2.75) is 0 Å². The summed E-state index contributed by atoms with van der Waals surface area (Å²) in [5.74, 6) is 0.600. The van der Waals surface area contributed by atoms with E-state index in [1.807, 2.05) is 46.4 Å². The summed E-state index contributed by atoms with van der Waals surface area (Å²) in [5, 5.41) is 2.45. The number of nitrogens with one attached hydrogen (secondary N) is 3. The molecule has 0 heterocycles. The van der Waals surface area contributed by atoms with E-state index in [1.165, 1.54) is 4.90 Å². The van der Waals surface area contributed by atoms with Crippen molar-refractivity contribution in [1.29, 1.82) is 0 Å². The Bertz CT molecular complexity index is 412. The van der Waals surface area contributed by atoms with Crippen LogP contribution in [0.2, 0.25) is 0 Å². The molecule has 3 N–H and O–H groups in total. The largest absolute Gasteiger partial charge is 1.00 e. The monoisotopic (exact) mass is 309 g/mol. The van der Waals surface area contributed by atoms with Crippen molar-refractivity contribution in [2.75, 3.05) is 35.2 Å². The summed E-state index contributed by atoms with van der Waals surface area (Å²) in [6.07, 6.45) is -0.446. The molecule has 0 aromatic heterocycles. The molecule has 0 spiro atoms. The Kier molecular flexibility index (Phi) is 9.60. The Morgan fingerprint density at radius 3 is 2.11 bits per heavy atom. The summed E-state index contributed by atoms with van der Waals surface area (Å²) < 4.78 is 5.26. The molecule has 0 atom stereocenters. The molecule has 0 unspecified atom stereocenters. The zero-order chi connectivity index (χ0) is 13.0. The van der Waals surface area contributed by atoms with Crippen LogP contribution in [0.5, 0.6) is 5.75 Å². The lowest BCUT2D eigenvalue weighted by molar-refractivity contribution is -0.789. The van der Waals surface area contributed by atoms with E-state index in [9.17, 15) is 4.79 Å². The second-order valence-corrected chi connectivity index (χ2v) is 4.35. The maximum Gasteiger partial charge on any atom is 0.412 e. The van der Waals surface area contributed by atoms with Gasteiger partial charge in [0.15, 0.2) is 11.4 Å². The minimum Gasteiger partial charge on any atom is -1.00 e. The van der Waals surface area contributed by atoms with Crippen LogP contribution in [0.25, 0.3) is 0 Å². The van der Waals surface area contributed by atoms with E-state index < -0.39 is 6.09 Å². The Labute approximate surface area is 126 Å². The molecule has 1 aromatic rings. The Balaban J connectivity index is 0. The van der Waals surface area contributed by atoms with Crippen molar-refractivity contribution in [3.05, 3.63) is 18.2 Å². The van der Waals surface area contributed by atoms with E-state index in [1.54, 1.807) is 7.05 Å². The molecular formula is C12H21Cl2N3O2. The summed E-state index contributed by atoms with van der Waals surface area (Å²) in [6.45, 7) is 0. The third kappa shape index (κ3) is 5.65. The Morgan fingerprint density at radius 2 is 1.68 bits per heavy atom. The van der Waals surface area contributed by atoms with Gasteiger partial charge in [0.25, 0.3) is 0 Å². The first-order valence-corrected chi connectivity index (χ1v) is 5.60. The standard InChI is InChI=1S/C12H19N3O2.2ClH/c1-13-12(16)17-11-8-9(14(2)3)6-7-10(11)15(4)5;;/h6-8H,1-5H3,(H,13,16);2*1H. The highest BCUT2D eigenvalue weighted by Gasteiger charge is 2.16. The molecule has 0 saturated carbocycles. The lowest BCUT2D eigenvalue weighted by Gasteiger charge is -2.14. The van der Waals surface area contributed by atoms with Gasteiger partial charge in [0.2, 0.25) is 0 Å². The van der Waals surface area contributed by atoms with Crippen LogP contribution in [0.3, 0.4) is 0 Å². The lowest BCUT2D eigenvalue weighted by atomic mass is 10.2. The van der Waals surface area contributed by atoms with Crippen LogP contribution in [0.1, 0.15) is 0 Å². The van der Waals surface area contributed by atoms with Crippen molar-refractivity contribution in [2.24, 2.45) is 0 Å². The van der Waals surface area contributed by atoms with Gasteiger partial charge >= 0.3 is 6.09 Å². The zero-order valence-electron chi connectivity index (χ0n) is 11.8. The van der Waals surface area contributed by atoms with Crippen LogP contribution < -0.4 is 44.7 Å². The molecule has 5 nitrogen and oxygen atoms in total. The van der Waals surface area contributed by atoms with E-state index in [-0.39, 0.29) is 24.8 Å². The molecule has 1 amide bonds. The molecule has 1 rings (SSSR count). The van der Waals surface area contributed by atoms with Gasteiger partial charge in [-0.25, -0.2) is 4.79 Å². The molecule has 1 aromatic carbocycles. The lowest BCUT2D eigenvalue weighted by Crippen LogP contribution is -3.01. The van der Waals surface area contributed by atoms with Gasteiger partial charge in [0.1, 0.15) is 5.69 Å². The summed E-state index contributed by atoms with van der Waals surface area (Å²) in [5.41, 5.74) is 2.03. The van der Waals surface area contributed by atoms with Crippen LogP contribution in [0.4, 0.5) is 16.2 Å². The van der Waals surface area contributed by atoms with Gasteiger partial charge in [-0.1, -0.05) is 0 Å². The minimum absolute atomic E-state index is 0. The molecule has 0 aliphatic carbocycles. The number of halogens is 2. The fourth-order valence-corrected chi connectivity index (χ4v) is 1.48. The maximum atomic E-state index is 11.3. The first-order chi connectivity index (χ1) is 7.95. The normalized spacial score (nSPS) is 9.63. The van der Waals surface area contributed by atoms with Crippen LogP contribution in [-0.4, -0.2) is 41.3 Å². The number of hydrogen-bond acceptors (Lipinski definition) is 2. The third-order valence-corrected chi connectivity index (χ3v) is 2.50. The SMILES string of the molecule is CNC(=O)Oc1cc([NH+](C)C)ccc1[NH+](C)C.[Cl-].[Cl-]. The highest BCUT2D eigenvalue weighted by molar-refractivity contribution is 5.72. The van der Waals surface area contributed by atoms with Crippen molar-refractivity contribution >= 4 is 17.5 Å². The Hall–Kier alpha value is -1.01. The van der Waals surface area contributed by atoms with Crippen molar-refractivity contribution < 1.29 is 44.1 Å². The molecule has 0 radical (unpaired) electrons. The number of ether oxygens (including phenoxy) is 1.